The summed E-state index contributed by atoms with van der Waals surface area (Å²) in [5, 5.41) is 13.0. The molecule has 0 saturated carbocycles. The summed E-state index contributed by atoms with van der Waals surface area (Å²) in [6.07, 6.45) is 2.23. The van der Waals surface area contributed by atoms with E-state index in [-0.39, 0.29) is 5.78 Å². The zero-order valence-electron chi connectivity index (χ0n) is 9.83. The lowest BCUT2D eigenvalue weighted by Crippen LogP contribution is -2.09. The van der Waals surface area contributed by atoms with Gasteiger partial charge in [0.15, 0.2) is 5.78 Å². The summed E-state index contributed by atoms with van der Waals surface area (Å²) in [5.41, 5.74) is 0. The van der Waals surface area contributed by atoms with Gasteiger partial charge in [-0.25, -0.2) is 0 Å². The fourth-order valence-electron chi connectivity index (χ4n) is 1.79. The van der Waals surface area contributed by atoms with E-state index >= 15 is 0 Å². The molecule has 1 atom stereocenters. The van der Waals surface area contributed by atoms with Crippen LogP contribution in [0.5, 0.6) is 0 Å². The van der Waals surface area contributed by atoms with Crippen LogP contribution < -0.4 is 0 Å². The number of Topliss-reactive ketones (excluding diaryl/α,β-unsaturated/α-hetero) is 1. The van der Waals surface area contributed by atoms with Crippen molar-refractivity contribution in [2.75, 3.05) is 0 Å². The number of hydrogen-bond acceptors (Lipinski definition) is 4. The summed E-state index contributed by atoms with van der Waals surface area (Å²) in [4.78, 5) is 14.1. The molecule has 2 nitrogen and oxygen atoms in total. The highest BCUT2D eigenvalue weighted by atomic mass is 32.1. The molecular weight excluding hydrogens is 262 g/mol. The van der Waals surface area contributed by atoms with Crippen molar-refractivity contribution in [2.24, 2.45) is 0 Å². The van der Waals surface area contributed by atoms with E-state index in [1.807, 2.05) is 29.0 Å². The smallest absolute Gasteiger partial charge is 0.155 e. The predicted octanol–water partition coefficient (Wildman–Crippen LogP) is 4.01. The molecule has 0 spiro atoms. The number of aryl methyl sites for hydroxylation is 1. The summed E-state index contributed by atoms with van der Waals surface area (Å²) < 4.78 is 0. The van der Waals surface area contributed by atoms with Crippen molar-refractivity contribution >= 4 is 28.5 Å². The van der Waals surface area contributed by atoms with E-state index in [0.717, 1.165) is 17.7 Å². The molecule has 0 aliphatic heterocycles. The van der Waals surface area contributed by atoms with E-state index in [0.29, 0.717) is 6.42 Å². The molecule has 0 N–H and O–H groups in total. The van der Waals surface area contributed by atoms with Crippen LogP contribution in [0.4, 0.5) is 0 Å². The molecule has 0 bridgehead atoms. The molecule has 0 radical (unpaired) electrons. The van der Waals surface area contributed by atoms with Crippen LogP contribution in [0.3, 0.4) is 0 Å². The van der Waals surface area contributed by atoms with Crippen molar-refractivity contribution in [3.05, 3.63) is 44.8 Å². The molecule has 0 saturated heterocycles. The number of nitriles is 1. The van der Waals surface area contributed by atoms with Gasteiger partial charge < -0.3 is 0 Å². The molecule has 0 aliphatic rings. The molecule has 0 fully saturated rings. The summed E-state index contributed by atoms with van der Waals surface area (Å²) in [6.45, 7) is 0. The van der Waals surface area contributed by atoms with Gasteiger partial charge in [0.2, 0.25) is 0 Å². The van der Waals surface area contributed by atoms with Crippen molar-refractivity contribution in [1.29, 1.82) is 5.26 Å². The van der Waals surface area contributed by atoms with Crippen LogP contribution in [-0.2, 0) is 11.2 Å². The molecule has 0 amide bonds. The number of rotatable bonds is 6. The molecule has 0 aromatic carbocycles. The Bertz CT molecular complexity index is 523. The first-order chi connectivity index (χ1) is 8.81. The number of nitrogens with zero attached hydrogens (tertiary/aromatic N) is 1. The van der Waals surface area contributed by atoms with Gasteiger partial charge in [0.25, 0.3) is 0 Å². The van der Waals surface area contributed by atoms with Crippen LogP contribution in [0.2, 0.25) is 0 Å². The van der Waals surface area contributed by atoms with E-state index in [4.69, 9.17) is 5.26 Å². The fourth-order valence-corrected chi connectivity index (χ4v) is 3.33. The van der Waals surface area contributed by atoms with Crippen molar-refractivity contribution in [1.82, 2.24) is 0 Å². The van der Waals surface area contributed by atoms with Crippen molar-refractivity contribution in [3.63, 3.8) is 0 Å². The average Bonchev–Trinajstić information content (AvgIpc) is 3.02. The average molecular weight is 275 g/mol. The lowest BCUT2D eigenvalue weighted by atomic mass is 9.99. The highest BCUT2D eigenvalue weighted by Crippen LogP contribution is 2.23. The number of carbonyl (C=O) groups is 1. The van der Waals surface area contributed by atoms with E-state index in [1.165, 1.54) is 16.2 Å². The van der Waals surface area contributed by atoms with Crippen LogP contribution in [0, 0.1) is 11.3 Å². The number of hydrogen-bond donors (Lipinski definition) is 0. The maximum atomic E-state index is 12.0. The summed E-state index contributed by atoms with van der Waals surface area (Å²) in [5.74, 6) is -0.537. The minimum atomic E-state index is -0.576. The Morgan fingerprint density at radius 1 is 1.28 bits per heavy atom. The second-order valence-corrected chi connectivity index (χ2v) is 5.99. The highest BCUT2D eigenvalue weighted by Gasteiger charge is 2.20. The minimum absolute atomic E-state index is 0.0384. The molecule has 2 aromatic rings. The topological polar surface area (TPSA) is 40.9 Å². The second kappa shape index (κ2) is 6.48. The van der Waals surface area contributed by atoms with Gasteiger partial charge >= 0.3 is 0 Å². The maximum Gasteiger partial charge on any atom is 0.155 e. The Labute approximate surface area is 115 Å². The van der Waals surface area contributed by atoms with E-state index < -0.39 is 5.92 Å². The zero-order valence-corrected chi connectivity index (χ0v) is 11.5. The van der Waals surface area contributed by atoms with Gasteiger partial charge in [-0.2, -0.15) is 5.26 Å². The van der Waals surface area contributed by atoms with Gasteiger partial charge in [0.05, 0.1) is 6.07 Å². The zero-order chi connectivity index (χ0) is 12.8. The lowest BCUT2D eigenvalue weighted by molar-refractivity contribution is -0.119. The third-order valence-corrected chi connectivity index (χ3v) is 4.58. The monoisotopic (exact) mass is 275 g/mol. The molecule has 2 rings (SSSR count). The number of ketones is 1. The Balaban J connectivity index is 1.85. The van der Waals surface area contributed by atoms with Gasteiger partial charge in [-0.3, -0.25) is 4.79 Å². The highest BCUT2D eigenvalue weighted by molar-refractivity contribution is 7.10. The standard InChI is InChI=1S/C14H13NOS2/c15-10-12(14-7-3-9-18-14)13(16)6-1-4-11-5-2-8-17-11/h2-3,5,7-9,12H,1,4,6H2. The number of thiophene rings is 2. The van der Waals surface area contributed by atoms with E-state index in [9.17, 15) is 4.79 Å². The van der Waals surface area contributed by atoms with E-state index in [1.54, 1.807) is 11.3 Å². The maximum absolute atomic E-state index is 12.0. The third-order valence-electron chi connectivity index (χ3n) is 2.71. The minimum Gasteiger partial charge on any atom is -0.298 e. The first kappa shape index (κ1) is 13.0. The molecular formula is C14H13NOS2. The SMILES string of the molecule is N#CC(C(=O)CCCc1cccs1)c1cccs1. The van der Waals surface area contributed by atoms with Gasteiger partial charge in [-0.1, -0.05) is 12.1 Å². The Morgan fingerprint density at radius 2 is 2.06 bits per heavy atom. The molecule has 0 aliphatic carbocycles. The van der Waals surface area contributed by atoms with Crippen LogP contribution in [0.1, 0.15) is 28.5 Å². The Morgan fingerprint density at radius 3 is 2.67 bits per heavy atom. The normalized spacial score (nSPS) is 11.9. The van der Waals surface area contributed by atoms with Crippen molar-refractivity contribution < 1.29 is 4.79 Å². The molecule has 2 aromatic heterocycles. The summed E-state index contributed by atoms with van der Waals surface area (Å²) in [6, 6.07) is 9.95. The van der Waals surface area contributed by atoms with E-state index in [2.05, 4.69) is 12.1 Å². The van der Waals surface area contributed by atoms with Crippen molar-refractivity contribution in [3.8, 4) is 6.07 Å². The summed E-state index contributed by atoms with van der Waals surface area (Å²) in [7, 11) is 0. The quantitative estimate of drug-likeness (QED) is 0.799. The molecule has 92 valence electrons. The van der Waals surface area contributed by atoms with Crippen molar-refractivity contribution in [2.45, 2.75) is 25.2 Å². The first-order valence-electron chi connectivity index (χ1n) is 5.79. The largest absolute Gasteiger partial charge is 0.298 e. The molecule has 1 unspecified atom stereocenters. The lowest BCUT2D eigenvalue weighted by Gasteiger charge is -2.05. The first-order valence-corrected chi connectivity index (χ1v) is 7.55. The van der Waals surface area contributed by atoms with Crippen LogP contribution in [-0.4, -0.2) is 5.78 Å². The van der Waals surface area contributed by atoms with Crippen LogP contribution in [0.15, 0.2) is 35.0 Å². The Kier molecular flexibility index (Phi) is 4.68. The van der Waals surface area contributed by atoms with Gasteiger partial charge in [0.1, 0.15) is 5.92 Å². The second-order valence-electron chi connectivity index (χ2n) is 3.98. The van der Waals surface area contributed by atoms with Crippen LogP contribution in [0.25, 0.3) is 0 Å². The molecule has 4 heteroatoms. The fraction of sp³-hybridized carbons (Fsp3) is 0.286. The van der Waals surface area contributed by atoms with Gasteiger partial charge in [-0.15, -0.1) is 22.7 Å². The van der Waals surface area contributed by atoms with Crippen LogP contribution >= 0.6 is 22.7 Å². The third kappa shape index (κ3) is 3.28. The van der Waals surface area contributed by atoms with Gasteiger partial charge in [0, 0.05) is 16.2 Å². The summed E-state index contributed by atoms with van der Waals surface area (Å²) >= 11 is 3.19. The molecule has 18 heavy (non-hydrogen) atoms. The van der Waals surface area contributed by atoms with Gasteiger partial charge in [-0.05, 0) is 35.7 Å². The molecule has 2 heterocycles. The Hall–Kier alpha value is -1.44. The predicted molar refractivity (Wildman–Crippen MR) is 74.9 cm³/mol. The number of carbonyl (C=O) groups excluding carboxylic acids is 1.